The summed E-state index contributed by atoms with van der Waals surface area (Å²) in [6, 6.07) is 1.73. The molecule has 0 spiro atoms. The van der Waals surface area contributed by atoms with Crippen molar-refractivity contribution in [2.45, 2.75) is 19.8 Å². The molecule has 2 rings (SSSR count). The van der Waals surface area contributed by atoms with E-state index in [1.54, 1.807) is 12.3 Å². The first kappa shape index (κ1) is 15.8. The highest BCUT2D eigenvalue weighted by Crippen LogP contribution is 2.28. The van der Waals surface area contributed by atoms with Gasteiger partial charge in [0.05, 0.1) is 5.56 Å². The average molecular weight is 355 g/mol. The molecule has 114 valence electrons. The highest BCUT2D eigenvalue weighted by atomic mass is 79.9. The van der Waals surface area contributed by atoms with Gasteiger partial charge < -0.3 is 16.0 Å². The molecular weight excluding hydrogens is 336 g/mol. The molecule has 1 heterocycles. The highest BCUT2D eigenvalue weighted by molar-refractivity contribution is 9.10. The van der Waals surface area contributed by atoms with E-state index < -0.39 is 0 Å². The van der Waals surface area contributed by atoms with Crippen LogP contribution in [0.25, 0.3) is 0 Å². The van der Waals surface area contributed by atoms with Gasteiger partial charge in [0.15, 0.2) is 0 Å². The van der Waals surface area contributed by atoms with Crippen molar-refractivity contribution < 1.29 is 9.59 Å². The van der Waals surface area contributed by atoms with Crippen molar-refractivity contribution in [2.75, 3.05) is 25.0 Å². The van der Waals surface area contributed by atoms with E-state index in [-0.39, 0.29) is 17.7 Å². The largest absolute Gasteiger partial charge is 0.370 e. The number of anilines is 1. The lowest BCUT2D eigenvalue weighted by Gasteiger charge is -2.11. The number of carbonyl (C=O) groups is 2. The standard InChI is InChI=1S/C14H19BrN4O2/c1-2-16-12-11(7-10(15)8-19-12)14(21)18-6-5-17-13(20)9-3-4-9/h7-9H,2-6H2,1H3,(H,16,19)(H,17,20)(H,18,21). The first-order valence-corrected chi connectivity index (χ1v) is 7.86. The molecule has 7 heteroatoms. The van der Waals surface area contributed by atoms with Crippen LogP contribution in [0.3, 0.4) is 0 Å². The zero-order valence-corrected chi connectivity index (χ0v) is 13.5. The van der Waals surface area contributed by atoms with Gasteiger partial charge in [-0.3, -0.25) is 9.59 Å². The number of halogens is 1. The third-order valence-electron chi connectivity index (χ3n) is 3.10. The van der Waals surface area contributed by atoms with Crippen LogP contribution in [0.4, 0.5) is 5.82 Å². The van der Waals surface area contributed by atoms with E-state index in [9.17, 15) is 9.59 Å². The molecule has 1 fully saturated rings. The summed E-state index contributed by atoms with van der Waals surface area (Å²) in [6.45, 7) is 3.47. The maximum Gasteiger partial charge on any atom is 0.255 e. The summed E-state index contributed by atoms with van der Waals surface area (Å²) in [5.41, 5.74) is 0.486. The predicted molar refractivity (Wildman–Crippen MR) is 84.2 cm³/mol. The fraction of sp³-hybridized carbons (Fsp3) is 0.500. The van der Waals surface area contributed by atoms with Gasteiger partial charge in [-0.2, -0.15) is 0 Å². The Kier molecular flexibility index (Phi) is 5.55. The number of pyridine rings is 1. The van der Waals surface area contributed by atoms with E-state index in [1.807, 2.05) is 6.92 Å². The molecule has 1 saturated carbocycles. The number of aromatic nitrogens is 1. The van der Waals surface area contributed by atoms with Crippen molar-refractivity contribution in [1.29, 1.82) is 0 Å². The minimum absolute atomic E-state index is 0.0849. The second-order valence-corrected chi connectivity index (χ2v) is 5.82. The monoisotopic (exact) mass is 354 g/mol. The number of hydrogen-bond acceptors (Lipinski definition) is 4. The van der Waals surface area contributed by atoms with Crippen LogP contribution < -0.4 is 16.0 Å². The molecule has 1 aromatic heterocycles. The molecule has 0 unspecified atom stereocenters. The Bertz CT molecular complexity index is 532. The van der Waals surface area contributed by atoms with Gasteiger partial charge in [-0.25, -0.2) is 4.98 Å². The van der Waals surface area contributed by atoms with Crippen LogP contribution in [0, 0.1) is 5.92 Å². The molecule has 1 aliphatic carbocycles. The Labute approximate surface area is 132 Å². The van der Waals surface area contributed by atoms with Crippen molar-refractivity contribution in [2.24, 2.45) is 5.92 Å². The molecular formula is C14H19BrN4O2. The summed E-state index contributed by atoms with van der Waals surface area (Å²) in [5, 5.41) is 8.65. The van der Waals surface area contributed by atoms with Crippen LogP contribution in [-0.2, 0) is 4.79 Å². The van der Waals surface area contributed by atoms with E-state index in [4.69, 9.17) is 0 Å². The summed E-state index contributed by atoms with van der Waals surface area (Å²) in [4.78, 5) is 27.8. The molecule has 6 nitrogen and oxygen atoms in total. The Morgan fingerprint density at radius 2 is 2.05 bits per heavy atom. The first-order chi connectivity index (χ1) is 10.1. The third-order valence-corrected chi connectivity index (χ3v) is 3.53. The summed E-state index contributed by atoms with van der Waals surface area (Å²) in [6.07, 6.45) is 3.60. The highest BCUT2D eigenvalue weighted by Gasteiger charge is 2.29. The van der Waals surface area contributed by atoms with Crippen molar-refractivity contribution in [3.63, 3.8) is 0 Å². The first-order valence-electron chi connectivity index (χ1n) is 7.07. The van der Waals surface area contributed by atoms with Gasteiger partial charge >= 0.3 is 0 Å². The smallest absolute Gasteiger partial charge is 0.255 e. The maximum atomic E-state index is 12.2. The van der Waals surface area contributed by atoms with E-state index in [1.165, 1.54) is 0 Å². The number of hydrogen-bond donors (Lipinski definition) is 3. The number of nitrogens with zero attached hydrogens (tertiary/aromatic N) is 1. The number of amides is 2. The van der Waals surface area contributed by atoms with Gasteiger partial charge in [-0.1, -0.05) is 0 Å². The lowest BCUT2D eigenvalue weighted by atomic mass is 10.2. The Hall–Kier alpha value is -1.63. The second-order valence-electron chi connectivity index (χ2n) is 4.90. The lowest BCUT2D eigenvalue weighted by Crippen LogP contribution is -2.35. The number of nitrogens with one attached hydrogen (secondary N) is 3. The van der Waals surface area contributed by atoms with Crippen LogP contribution in [0.15, 0.2) is 16.7 Å². The summed E-state index contributed by atoms with van der Waals surface area (Å²) < 4.78 is 0.747. The Morgan fingerprint density at radius 1 is 1.33 bits per heavy atom. The van der Waals surface area contributed by atoms with E-state index in [2.05, 4.69) is 36.9 Å². The second kappa shape index (κ2) is 7.40. The Balaban J connectivity index is 1.84. The van der Waals surface area contributed by atoms with E-state index in [0.29, 0.717) is 31.0 Å². The fourth-order valence-electron chi connectivity index (χ4n) is 1.87. The quantitative estimate of drug-likeness (QED) is 0.648. The van der Waals surface area contributed by atoms with Crippen molar-refractivity contribution in [1.82, 2.24) is 15.6 Å². The van der Waals surface area contributed by atoms with Crippen LogP contribution in [0.2, 0.25) is 0 Å². The average Bonchev–Trinajstić information content (AvgIpc) is 3.30. The third kappa shape index (κ3) is 4.70. The van der Waals surface area contributed by atoms with Gasteiger partial charge in [-0.05, 0) is 41.8 Å². The lowest BCUT2D eigenvalue weighted by molar-refractivity contribution is -0.122. The summed E-state index contributed by atoms with van der Waals surface area (Å²) >= 11 is 3.31. The number of carbonyl (C=O) groups excluding carboxylic acids is 2. The number of rotatable bonds is 7. The van der Waals surface area contributed by atoms with Gasteiger partial charge in [0.25, 0.3) is 5.91 Å². The zero-order chi connectivity index (χ0) is 15.2. The molecule has 21 heavy (non-hydrogen) atoms. The minimum Gasteiger partial charge on any atom is -0.370 e. The molecule has 0 radical (unpaired) electrons. The molecule has 0 aliphatic heterocycles. The van der Waals surface area contributed by atoms with Crippen molar-refractivity contribution in [3.05, 3.63) is 22.3 Å². The predicted octanol–water partition coefficient (Wildman–Crippen LogP) is 1.53. The van der Waals surface area contributed by atoms with Gasteiger partial charge in [0.2, 0.25) is 5.91 Å². The normalized spacial score (nSPS) is 13.6. The van der Waals surface area contributed by atoms with Crippen LogP contribution in [0.5, 0.6) is 0 Å². The molecule has 0 aromatic carbocycles. The molecule has 3 N–H and O–H groups in total. The van der Waals surface area contributed by atoms with Gasteiger partial charge in [-0.15, -0.1) is 0 Å². The molecule has 0 saturated heterocycles. The van der Waals surface area contributed by atoms with Gasteiger partial charge in [0.1, 0.15) is 5.82 Å². The topological polar surface area (TPSA) is 83.1 Å². The van der Waals surface area contributed by atoms with E-state index in [0.717, 1.165) is 17.3 Å². The van der Waals surface area contributed by atoms with E-state index >= 15 is 0 Å². The Morgan fingerprint density at radius 3 is 2.71 bits per heavy atom. The van der Waals surface area contributed by atoms with Gasteiger partial charge in [0, 0.05) is 36.2 Å². The molecule has 0 atom stereocenters. The summed E-state index contributed by atoms with van der Waals surface area (Å²) in [7, 11) is 0. The summed E-state index contributed by atoms with van der Waals surface area (Å²) in [5.74, 6) is 0.623. The molecule has 1 aliphatic rings. The molecule has 0 bridgehead atoms. The van der Waals surface area contributed by atoms with Crippen LogP contribution in [-0.4, -0.2) is 36.4 Å². The molecule has 1 aromatic rings. The maximum absolute atomic E-state index is 12.2. The van der Waals surface area contributed by atoms with Crippen molar-refractivity contribution >= 4 is 33.6 Å². The SMILES string of the molecule is CCNc1ncc(Br)cc1C(=O)NCCNC(=O)C1CC1. The van der Waals surface area contributed by atoms with Crippen LogP contribution in [0.1, 0.15) is 30.1 Å². The zero-order valence-electron chi connectivity index (χ0n) is 11.9. The molecule has 2 amide bonds. The fourth-order valence-corrected chi connectivity index (χ4v) is 2.20. The van der Waals surface area contributed by atoms with Crippen LogP contribution >= 0.6 is 15.9 Å². The minimum atomic E-state index is -0.208. The van der Waals surface area contributed by atoms with Crippen molar-refractivity contribution in [3.8, 4) is 0 Å².